The smallest absolute Gasteiger partial charge is 0.129 e. The number of aromatic nitrogens is 1. The highest BCUT2D eigenvalue weighted by Gasteiger charge is 2.04. The van der Waals surface area contributed by atoms with Crippen LogP contribution < -0.4 is 0 Å². The van der Waals surface area contributed by atoms with E-state index >= 15 is 0 Å². The van der Waals surface area contributed by atoms with Gasteiger partial charge in [-0.2, -0.15) is 0 Å². The summed E-state index contributed by atoms with van der Waals surface area (Å²) in [6.07, 6.45) is 2.54. The second kappa shape index (κ2) is 4.11. The molecule has 1 aromatic rings. The highest BCUT2D eigenvalue weighted by atomic mass is 35.5. The van der Waals surface area contributed by atoms with E-state index in [1.54, 1.807) is 6.20 Å². The summed E-state index contributed by atoms with van der Waals surface area (Å²) in [4.78, 5) is 3.88. The second-order valence-electron chi connectivity index (χ2n) is 3.20. The zero-order valence-electron chi connectivity index (χ0n) is 7.14. The van der Waals surface area contributed by atoms with Gasteiger partial charge in [0, 0.05) is 6.20 Å². The molecule has 0 aromatic carbocycles. The predicted molar refractivity (Wildman–Crippen MR) is 52.8 cm³/mol. The first kappa shape index (κ1) is 9.82. The maximum Gasteiger partial charge on any atom is 0.129 e. The molecule has 0 atom stereocenters. The van der Waals surface area contributed by atoms with E-state index in [1.807, 2.05) is 6.07 Å². The molecule has 1 nitrogen and oxygen atoms in total. The van der Waals surface area contributed by atoms with Gasteiger partial charge in [0.25, 0.3) is 0 Å². The molecule has 1 rings (SSSR count). The van der Waals surface area contributed by atoms with Crippen LogP contribution in [0.3, 0.4) is 0 Å². The first-order chi connectivity index (χ1) is 5.59. The molecule has 1 aromatic heterocycles. The van der Waals surface area contributed by atoms with E-state index in [0.29, 0.717) is 16.1 Å². The van der Waals surface area contributed by atoms with E-state index in [1.165, 1.54) is 0 Å². The molecule has 0 aliphatic carbocycles. The van der Waals surface area contributed by atoms with Crippen LogP contribution in [0.1, 0.15) is 19.4 Å². The number of pyridine rings is 1. The summed E-state index contributed by atoms with van der Waals surface area (Å²) in [6.45, 7) is 4.29. The Morgan fingerprint density at radius 1 is 1.42 bits per heavy atom. The normalized spacial score (nSPS) is 10.8. The summed E-state index contributed by atoms with van der Waals surface area (Å²) in [5.41, 5.74) is 1.08. The number of halogens is 2. The van der Waals surface area contributed by atoms with Crippen molar-refractivity contribution in [3.05, 3.63) is 28.0 Å². The number of hydrogen-bond donors (Lipinski definition) is 0. The number of nitrogens with zero attached hydrogens (tertiary/aromatic N) is 1. The lowest BCUT2D eigenvalue weighted by atomic mass is 10.0. The van der Waals surface area contributed by atoms with Crippen molar-refractivity contribution in [1.82, 2.24) is 4.98 Å². The van der Waals surface area contributed by atoms with Gasteiger partial charge < -0.3 is 0 Å². The Morgan fingerprint density at radius 3 is 2.67 bits per heavy atom. The number of hydrogen-bond acceptors (Lipinski definition) is 1. The molecule has 0 N–H and O–H groups in total. The van der Waals surface area contributed by atoms with Crippen molar-refractivity contribution in [1.29, 1.82) is 0 Å². The fourth-order valence-corrected chi connectivity index (χ4v) is 1.41. The minimum absolute atomic E-state index is 0.509. The SMILES string of the molecule is CC(C)Cc1cc(Cl)ncc1Cl. The molecule has 12 heavy (non-hydrogen) atoms. The molecule has 3 heteroatoms. The molecule has 0 bridgehead atoms. The molecule has 0 radical (unpaired) electrons. The third kappa shape index (κ3) is 2.65. The molecule has 0 unspecified atom stereocenters. The van der Waals surface area contributed by atoms with E-state index in [2.05, 4.69) is 18.8 Å². The molecule has 1 heterocycles. The Bertz CT molecular complexity index is 271. The lowest BCUT2D eigenvalue weighted by Gasteiger charge is -2.06. The van der Waals surface area contributed by atoms with Crippen LogP contribution in [0, 0.1) is 5.92 Å². The Kier molecular flexibility index (Phi) is 3.36. The molecule has 0 spiro atoms. The van der Waals surface area contributed by atoms with Crippen LogP contribution >= 0.6 is 23.2 Å². The van der Waals surface area contributed by atoms with Gasteiger partial charge in [0.15, 0.2) is 0 Å². The van der Waals surface area contributed by atoms with Crippen molar-refractivity contribution in [2.75, 3.05) is 0 Å². The van der Waals surface area contributed by atoms with Gasteiger partial charge >= 0.3 is 0 Å². The fraction of sp³-hybridized carbons (Fsp3) is 0.444. The van der Waals surface area contributed by atoms with Crippen molar-refractivity contribution < 1.29 is 0 Å². The molecule has 0 fully saturated rings. The van der Waals surface area contributed by atoms with Gasteiger partial charge in [-0.05, 0) is 24.0 Å². The van der Waals surface area contributed by atoms with E-state index in [9.17, 15) is 0 Å². The van der Waals surface area contributed by atoms with Gasteiger partial charge in [-0.25, -0.2) is 4.98 Å². The largest absolute Gasteiger partial charge is 0.243 e. The van der Waals surface area contributed by atoms with E-state index in [0.717, 1.165) is 12.0 Å². The summed E-state index contributed by atoms with van der Waals surface area (Å²) < 4.78 is 0. The third-order valence-corrected chi connectivity index (χ3v) is 2.08. The van der Waals surface area contributed by atoms with Crippen molar-refractivity contribution in [2.45, 2.75) is 20.3 Å². The lowest BCUT2D eigenvalue weighted by molar-refractivity contribution is 0.647. The van der Waals surface area contributed by atoms with Crippen molar-refractivity contribution in [3.8, 4) is 0 Å². The van der Waals surface area contributed by atoms with Gasteiger partial charge in [0.05, 0.1) is 5.02 Å². The van der Waals surface area contributed by atoms with Crippen LogP contribution in [0.2, 0.25) is 10.2 Å². The van der Waals surface area contributed by atoms with Crippen LogP contribution in [-0.4, -0.2) is 4.98 Å². The Hall–Kier alpha value is -0.270. The first-order valence-electron chi connectivity index (χ1n) is 3.89. The highest BCUT2D eigenvalue weighted by molar-refractivity contribution is 6.32. The molecule has 0 aliphatic rings. The average molecular weight is 204 g/mol. The Balaban J connectivity index is 2.90. The summed E-state index contributed by atoms with van der Waals surface area (Å²) in [7, 11) is 0. The number of rotatable bonds is 2. The van der Waals surface area contributed by atoms with Crippen molar-refractivity contribution in [3.63, 3.8) is 0 Å². The fourth-order valence-electron chi connectivity index (χ4n) is 1.05. The molecule has 0 aliphatic heterocycles. The van der Waals surface area contributed by atoms with Crippen molar-refractivity contribution >= 4 is 23.2 Å². The highest BCUT2D eigenvalue weighted by Crippen LogP contribution is 2.20. The van der Waals surface area contributed by atoms with Gasteiger partial charge in [-0.3, -0.25) is 0 Å². The molecule has 0 amide bonds. The molecule has 0 saturated carbocycles. The van der Waals surface area contributed by atoms with E-state index in [4.69, 9.17) is 23.2 Å². The van der Waals surface area contributed by atoms with E-state index < -0.39 is 0 Å². The minimum atomic E-state index is 0.509. The van der Waals surface area contributed by atoms with Crippen LogP contribution in [0.5, 0.6) is 0 Å². The van der Waals surface area contributed by atoms with Crippen LogP contribution in [0.4, 0.5) is 0 Å². The Morgan fingerprint density at radius 2 is 2.08 bits per heavy atom. The summed E-state index contributed by atoms with van der Waals surface area (Å²) in [6, 6.07) is 1.82. The monoisotopic (exact) mass is 203 g/mol. The lowest BCUT2D eigenvalue weighted by Crippen LogP contribution is -1.95. The zero-order chi connectivity index (χ0) is 9.14. The van der Waals surface area contributed by atoms with Crippen LogP contribution in [0.15, 0.2) is 12.3 Å². The molecule has 0 saturated heterocycles. The van der Waals surface area contributed by atoms with Crippen LogP contribution in [-0.2, 0) is 6.42 Å². The summed E-state index contributed by atoms with van der Waals surface area (Å²) in [5.74, 6) is 0.584. The standard InChI is InChI=1S/C9H11Cl2N/c1-6(2)3-7-4-9(11)12-5-8(7)10/h4-6H,3H2,1-2H3. The Labute approximate surface area is 82.7 Å². The van der Waals surface area contributed by atoms with Gasteiger partial charge in [-0.15, -0.1) is 0 Å². The quantitative estimate of drug-likeness (QED) is 0.671. The second-order valence-corrected chi connectivity index (χ2v) is 3.99. The summed E-state index contributed by atoms with van der Waals surface area (Å²) in [5, 5.41) is 1.21. The van der Waals surface area contributed by atoms with Gasteiger partial charge in [-0.1, -0.05) is 37.0 Å². The maximum absolute atomic E-state index is 5.92. The third-order valence-electron chi connectivity index (χ3n) is 1.53. The molecule has 66 valence electrons. The van der Waals surface area contributed by atoms with Crippen LogP contribution in [0.25, 0.3) is 0 Å². The van der Waals surface area contributed by atoms with Crippen molar-refractivity contribution in [2.24, 2.45) is 5.92 Å². The topological polar surface area (TPSA) is 12.9 Å². The zero-order valence-corrected chi connectivity index (χ0v) is 8.65. The maximum atomic E-state index is 5.92. The molecular formula is C9H11Cl2N. The molecular weight excluding hydrogens is 193 g/mol. The van der Waals surface area contributed by atoms with E-state index in [-0.39, 0.29) is 0 Å². The average Bonchev–Trinajstić information content (AvgIpc) is 1.96. The summed E-state index contributed by atoms with van der Waals surface area (Å²) >= 11 is 11.6. The van der Waals surface area contributed by atoms with Gasteiger partial charge in [0.1, 0.15) is 5.15 Å². The van der Waals surface area contributed by atoms with Gasteiger partial charge in [0.2, 0.25) is 0 Å². The first-order valence-corrected chi connectivity index (χ1v) is 4.65. The predicted octanol–water partition coefficient (Wildman–Crippen LogP) is 3.59. The minimum Gasteiger partial charge on any atom is -0.243 e.